The van der Waals surface area contributed by atoms with Gasteiger partial charge >= 0.3 is 0 Å². The average Bonchev–Trinajstić information content (AvgIpc) is 2.50. The van der Waals surface area contributed by atoms with Crippen molar-refractivity contribution >= 4 is 11.6 Å². The van der Waals surface area contributed by atoms with Crippen LogP contribution >= 0.6 is 0 Å². The van der Waals surface area contributed by atoms with Crippen molar-refractivity contribution in [2.45, 2.75) is 59.0 Å². The summed E-state index contributed by atoms with van der Waals surface area (Å²) in [5.74, 6) is 0.246. The van der Waals surface area contributed by atoms with Gasteiger partial charge in [-0.1, -0.05) is 26.3 Å². The minimum Gasteiger partial charge on any atom is -0.394 e. The topological polar surface area (TPSA) is 74.6 Å². The fourth-order valence-corrected chi connectivity index (χ4v) is 5.51. The normalized spacial score (nSPS) is 45.1. The molecule has 3 aliphatic rings. The van der Waals surface area contributed by atoms with Gasteiger partial charge in [-0.25, -0.2) is 0 Å². The maximum atomic E-state index is 12.8. The monoisotopic (exact) mass is 320 g/mol. The number of allylic oxidation sites excluding steroid dienone is 2. The zero-order valence-corrected chi connectivity index (χ0v) is 14.3. The molecule has 6 atom stereocenters. The maximum absolute atomic E-state index is 12.8. The molecule has 0 bridgehead atoms. The van der Waals surface area contributed by atoms with Crippen molar-refractivity contribution in [3.8, 4) is 0 Å². The fraction of sp³-hybridized carbons (Fsp3) is 0.789. The number of Topliss-reactive ketones (excluding diaryl/α,β-unsaturated/α-hetero) is 1. The van der Waals surface area contributed by atoms with Crippen LogP contribution in [0.2, 0.25) is 0 Å². The van der Waals surface area contributed by atoms with Crippen LogP contribution in [0.5, 0.6) is 0 Å². The molecule has 128 valence electrons. The number of carbonyl (C=O) groups excluding carboxylic acids is 2. The first-order valence-corrected chi connectivity index (χ1v) is 8.79. The van der Waals surface area contributed by atoms with Gasteiger partial charge in [-0.2, -0.15) is 0 Å². The van der Waals surface area contributed by atoms with E-state index in [-0.39, 0.29) is 40.8 Å². The van der Waals surface area contributed by atoms with Gasteiger partial charge in [-0.15, -0.1) is 0 Å². The largest absolute Gasteiger partial charge is 0.394 e. The zero-order valence-electron chi connectivity index (χ0n) is 14.3. The number of aliphatic hydroxyl groups is 2. The van der Waals surface area contributed by atoms with Gasteiger partial charge in [0.1, 0.15) is 5.78 Å². The van der Waals surface area contributed by atoms with E-state index in [0.29, 0.717) is 18.8 Å². The van der Waals surface area contributed by atoms with E-state index in [0.717, 1.165) is 24.8 Å². The van der Waals surface area contributed by atoms with Crippen LogP contribution < -0.4 is 0 Å². The van der Waals surface area contributed by atoms with Gasteiger partial charge in [0, 0.05) is 18.3 Å². The number of hydrogen-bond donors (Lipinski definition) is 2. The molecule has 0 saturated heterocycles. The number of carbonyl (C=O) groups is 2. The summed E-state index contributed by atoms with van der Waals surface area (Å²) in [6.07, 6.45) is 4.78. The highest BCUT2D eigenvalue weighted by Gasteiger charge is 2.56. The molecule has 4 heteroatoms. The molecule has 3 aliphatic carbocycles. The standard InChI is InChI=1S/C19H28O4/c1-11-14(21)5-7-19(3)13-4-6-18(2,16(23)10-20)9-12(13)8-15(22)17(11)19/h8,11,13,16-17,20,23H,4-7,9-10H2,1-3H3/t11-,13-,16?,17-,18-,19-/m1/s1. The molecular weight excluding hydrogens is 292 g/mol. The summed E-state index contributed by atoms with van der Waals surface area (Å²) in [5.41, 5.74) is 0.618. The highest BCUT2D eigenvalue weighted by Crippen LogP contribution is 2.59. The molecule has 0 aromatic rings. The molecule has 2 N–H and O–H groups in total. The Morgan fingerprint density at radius 1 is 1.30 bits per heavy atom. The van der Waals surface area contributed by atoms with Crippen LogP contribution in [-0.2, 0) is 9.59 Å². The third kappa shape index (κ3) is 2.42. The number of aliphatic hydroxyl groups excluding tert-OH is 2. The lowest BCUT2D eigenvalue weighted by Crippen LogP contribution is -2.54. The summed E-state index contributed by atoms with van der Waals surface area (Å²) in [4.78, 5) is 24.8. The van der Waals surface area contributed by atoms with E-state index in [1.807, 2.05) is 13.8 Å². The first-order valence-electron chi connectivity index (χ1n) is 8.79. The van der Waals surface area contributed by atoms with Crippen molar-refractivity contribution in [2.75, 3.05) is 6.61 Å². The predicted molar refractivity (Wildman–Crippen MR) is 86.6 cm³/mol. The molecule has 3 rings (SSSR count). The first kappa shape index (κ1) is 16.8. The zero-order chi connectivity index (χ0) is 17.0. The molecule has 1 unspecified atom stereocenters. The predicted octanol–water partition coefficient (Wildman–Crippen LogP) is 2.28. The van der Waals surface area contributed by atoms with Gasteiger partial charge in [0.2, 0.25) is 0 Å². The second-order valence-corrected chi connectivity index (χ2v) is 8.48. The van der Waals surface area contributed by atoms with E-state index in [4.69, 9.17) is 0 Å². The van der Waals surface area contributed by atoms with Crippen molar-refractivity contribution in [3.63, 3.8) is 0 Å². The van der Waals surface area contributed by atoms with Crippen LogP contribution in [0.1, 0.15) is 52.9 Å². The molecule has 0 aromatic heterocycles. The van der Waals surface area contributed by atoms with Crippen molar-refractivity contribution in [3.05, 3.63) is 11.6 Å². The summed E-state index contributed by atoms with van der Waals surface area (Å²) >= 11 is 0. The molecule has 4 nitrogen and oxygen atoms in total. The van der Waals surface area contributed by atoms with Gasteiger partial charge in [-0.05, 0) is 48.5 Å². The Labute approximate surface area is 138 Å². The quantitative estimate of drug-likeness (QED) is 0.818. The van der Waals surface area contributed by atoms with Crippen molar-refractivity contribution < 1.29 is 19.8 Å². The Hall–Kier alpha value is -1.00. The van der Waals surface area contributed by atoms with Crippen molar-refractivity contribution in [2.24, 2.45) is 28.6 Å². The molecular formula is C19H28O4. The van der Waals surface area contributed by atoms with Crippen LogP contribution in [0.4, 0.5) is 0 Å². The van der Waals surface area contributed by atoms with Crippen molar-refractivity contribution in [1.82, 2.24) is 0 Å². The lowest BCUT2D eigenvalue weighted by atomic mass is 9.48. The van der Waals surface area contributed by atoms with Crippen LogP contribution in [0.3, 0.4) is 0 Å². The Kier molecular flexibility index (Phi) is 4.04. The third-order valence-corrected chi connectivity index (χ3v) is 7.10. The molecule has 0 amide bonds. The maximum Gasteiger partial charge on any atom is 0.160 e. The average molecular weight is 320 g/mol. The highest BCUT2D eigenvalue weighted by molar-refractivity contribution is 5.99. The van der Waals surface area contributed by atoms with E-state index in [9.17, 15) is 19.8 Å². The fourth-order valence-electron chi connectivity index (χ4n) is 5.51. The molecule has 0 spiro atoms. The van der Waals surface area contributed by atoms with Gasteiger partial charge in [-0.3, -0.25) is 9.59 Å². The van der Waals surface area contributed by atoms with Crippen LogP contribution in [0.15, 0.2) is 11.6 Å². The summed E-state index contributed by atoms with van der Waals surface area (Å²) < 4.78 is 0. The number of fused-ring (bicyclic) bond motifs is 3. The lowest BCUT2D eigenvalue weighted by Gasteiger charge is -2.55. The van der Waals surface area contributed by atoms with E-state index in [1.54, 1.807) is 6.08 Å². The van der Waals surface area contributed by atoms with Crippen LogP contribution in [-0.4, -0.2) is 34.5 Å². The smallest absolute Gasteiger partial charge is 0.160 e. The molecule has 2 saturated carbocycles. The lowest BCUT2D eigenvalue weighted by molar-refractivity contribution is -0.144. The SMILES string of the molecule is C[C@@H]1C(=O)CC[C@]2(C)[C@@H]3CC[C@@](C)(C(O)CO)CC3=CC(=O)[C@@H]12. The Morgan fingerprint density at radius 3 is 2.65 bits per heavy atom. The van der Waals surface area contributed by atoms with E-state index >= 15 is 0 Å². The molecule has 0 heterocycles. The van der Waals surface area contributed by atoms with Crippen LogP contribution in [0, 0.1) is 28.6 Å². The number of rotatable bonds is 2. The van der Waals surface area contributed by atoms with E-state index < -0.39 is 6.10 Å². The van der Waals surface area contributed by atoms with Gasteiger partial charge in [0.25, 0.3) is 0 Å². The summed E-state index contributed by atoms with van der Waals surface area (Å²) in [6, 6.07) is 0. The van der Waals surface area contributed by atoms with Crippen molar-refractivity contribution in [1.29, 1.82) is 0 Å². The van der Waals surface area contributed by atoms with E-state index in [1.165, 1.54) is 0 Å². The van der Waals surface area contributed by atoms with E-state index in [2.05, 4.69) is 6.92 Å². The highest BCUT2D eigenvalue weighted by atomic mass is 16.3. The third-order valence-electron chi connectivity index (χ3n) is 7.10. The number of hydrogen-bond acceptors (Lipinski definition) is 4. The van der Waals surface area contributed by atoms with Gasteiger partial charge < -0.3 is 10.2 Å². The summed E-state index contributed by atoms with van der Waals surface area (Å²) in [5, 5.41) is 19.5. The molecule has 2 fully saturated rings. The minimum atomic E-state index is -0.753. The molecule has 0 aliphatic heterocycles. The molecule has 0 aromatic carbocycles. The summed E-state index contributed by atoms with van der Waals surface area (Å²) in [7, 11) is 0. The molecule has 0 radical (unpaired) electrons. The molecule has 23 heavy (non-hydrogen) atoms. The second kappa shape index (κ2) is 5.52. The Bertz CT molecular complexity index is 566. The Balaban J connectivity index is 1.96. The van der Waals surface area contributed by atoms with Gasteiger partial charge in [0.15, 0.2) is 5.78 Å². The number of ketones is 2. The second-order valence-electron chi connectivity index (χ2n) is 8.48. The van der Waals surface area contributed by atoms with Gasteiger partial charge in [0.05, 0.1) is 12.7 Å². The Morgan fingerprint density at radius 2 is 2.00 bits per heavy atom. The first-order chi connectivity index (χ1) is 10.7. The minimum absolute atomic E-state index is 0.0852. The van der Waals surface area contributed by atoms with Crippen LogP contribution in [0.25, 0.3) is 0 Å². The summed E-state index contributed by atoms with van der Waals surface area (Å²) in [6.45, 7) is 5.84.